The van der Waals surface area contributed by atoms with Gasteiger partial charge in [0, 0.05) is 5.69 Å². The van der Waals surface area contributed by atoms with Gasteiger partial charge in [0.2, 0.25) is 10.0 Å². The molecule has 1 atom stereocenters. The highest BCUT2D eigenvalue weighted by Crippen LogP contribution is 2.26. The van der Waals surface area contributed by atoms with Crippen LogP contribution in [0.3, 0.4) is 0 Å². The standard InChI is InChI=1S/C10H11ClN2O5S/c1-6-2-3-8(9(11)12-6)19(16,17)13-5-18-4-7(13)10(14)15/h2-3,7H,4-5H2,1H3,(H,14,15)/t7-/m0/s1. The number of aryl methyl sites for hydroxylation is 1. The van der Waals surface area contributed by atoms with Crippen LogP contribution in [0.25, 0.3) is 0 Å². The molecule has 104 valence electrons. The van der Waals surface area contributed by atoms with Crippen LogP contribution in [0, 0.1) is 6.92 Å². The van der Waals surface area contributed by atoms with Crippen molar-refractivity contribution >= 4 is 27.6 Å². The molecule has 0 bridgehead atoms. The number of rotatable bonds is 3. The summed E-state index contributed by atoms with van der Waals surface area (Å²) in [5.41, 5.74) is 0.566. The fourth-order valence-corrected chi connectivity index (χ4v) is 3.63. The summed E-state index contributed by atoms with van der Waals surface area (Å²) in [7, 11) is -4.05. The second-order valence-electron chi connectivity index (χ2n) is 3.99. The quantitative estimate of drug-likeness (QED) is 0.816. The minimum Gasteiger partial charge on any atom is -0.480 e. The Morgan fingerprint density at radius 3 is 2.84 bits per heavy atom. The van der Waals surface area contributed by atoms with E-state index in [-0.39, 0.29) is 23.4 Å². The van der Waals surface area contributed by atoms with Gasteiger partial charge in [-0.25, -0.2) is 13.4 Å². The fraction of sp³-hybridized carbons (Fsp3) is 0.400. The molecule has 1 N–H and O–H groups in total. The summed E-state index contributed by atoms with van der Waals surface area (Å²) < 4.78 is 30.3. The monoisotopic (exact) mass is 306 g/mol. The third-order valence-corrected chi connectivity index (χ3v) is 4.93. The highest BCUT2D eigenvalue weighted by Gasteiger charge is 2.41. The Kier molecular flexibility index (Phi) is 3.77. The number of carbonyl (C=O) groups is 1. The van der Waals surface area contributed by atoms with E-state index in [1.807, 2.05) is 0 Å². The maximum absolute atomic E-state index is 12.3. The second kappa shape index (κ2) is 5.04. The van der Waals surface area contributed by atoms with E-state index in [4.69, 9.17) is 21.4 Å². The molecular formula is C10H11ClN2O5S. The maximum atomic E-state index is 12.3. The molecule has 0 spiro atoms. The number of carboxylic acid groups (broad SMARTS) is 1. The lowest BCUT2D eigenvalue weighted by atomic mass is 10.3. The zero-order chi connectivity index (χ0) is 14.2. The van der Waals surface area contributed by atoms with Crippen LogP contribution < -0.4 is 0 Å². The van der Waals surface area contributed by atoms with E-state index in [1.54, 1.807) is 6.92 Å². The van der Waals surface area contributed by atoms with Crippen molar-refractivity contribution in [3.05, 3.63) is 23.0 Å². The topological polar surface area (TPSA) is 96.8 Å². The van der Waals surface area contributed by atoms with Gasteiger partial charge in [0.25, 0.3) is 0 Å². The third kappa shape index (κ3) is 2.57. The molecule has 0 aromatic carbocycles. The Morgan fingerprint density at radius 2 is 2.26 bits per heavy atom. The Bertz CT molecular complexity index is 618. The smallest absolute Gasteiger partial charge is 0.324 e. The molecule has 19 heavy (non-hydrogen) atoms. The predicted molar refractivity (Wildman–Crippen MR) is 65.3 cm³/mol. The molecule has 1 aliphatic rings. The number of halogens is 1. The van der Waals surface area contributed by atoms with E-state index in [0.29, 0.717) is 5.69 Å². The molecule has 0 aliphatic carbocycles. The SMILES string of the molecule is Cc1ccc(S(=O)(=O)N2COC[C@H]2C(=O)O)c(Cl)n1. The van der Waals surface area contributed by atoms with E-state index in [1.165, 1.54) is 12.1 Å². The number of pyridine rings is 1. The number of ether oxygens (including phenoxy) is 1. The van der Waals surface area contributed by atoms with E-state index in [0.717, 1.165) is 4.31 Å². The molecule has 1 saturated heterocycles. The van der Waals surface area contributed by atoms with Crippen LogP contribution in [0.2, 0.25) is 5.15 Å². The van der Waals surface area contributed by atoms with Crippen LogP contribution in [-0.2, 0) is 19.6 Å². The first-order chi connectivity index (χ1) is 8.84. The lowest BCUT2D eigenvalue weighted by Gasteiger charge is -2.19. The number of nitrogens with zero attached hydrogens (tertiary/aromatic N) is 2. The fourth-order valence-electron chi connectivity index (χ4n) is 1.69. The summed E-state index contributed by atoms with van der Waals surface area (Å²) in [4.78, 5) is 14.6. The highest BCUT2D eigenvalue weighted by molar-refractivity contribution is 7.89. The molecule has 0 amide bonds. The van der Waals surface area contributed by atoms with Gasteiger partial charge in [-0.3, -0.25) is 4.79 Å². The predicted octanol–water partition coefficient (Wildman–Crippen LogP) is 0.475. The van der Waals surface area contributed by atoms with Crippen molar-refractivity contribution in [1.82, 2.24) is 9.29 Å². The van der Waals surface area contributed by atoms with Crippen molar-refractivity contribution in [2.75, 3.05) is 13.3 Å². The number of carboxylic acids is 1. The zero-order valence-corrected chi connectivity index (χ0v) is 11.5. The molecule has 7 nitrogen and oxygen atoms in total. The van der Waals surface area contributed by atoms with Crippen LogP contribution in [0.15, 0.2) is 17.0 Å². The third-order valence-electron chi connectivity index (χ3n) is 2.67. The lowest BCUT2D eigenvalue weighted by molar-refractivity contribution is -0.140. The van der Waals surface area contributed by atoms with Gasteiger partial charge in [0.15, 0.2) is 0 Å². The molecule has 1 aromatic heterocycles. The van der Waals surface area contributed by atoms with Crippen LogP contribution >= 0.6 is 11.6 Å². The van der Waals surface area contributed by atoms with Crippen LogP contribution in [0.1, 0.15) is 5.69 Å². The number of sulfonamides is 1. The molecule has 2 heterocycles. The van der Waals surface area contributed by atoms with Gasteiger partial charge >= 0.3 is 5.97 Å². The first-order valence-corrected chi connectivity index (χ1v) is 7.11. The van der Waals surface area contributed by atoms with E-state index < -0.39 is 22.0 Å². The summed E-state index contributed by atoms with van der Waals surface area (Å²) in [5, 5.41) is 8.79. The molecule has 2 rings (SSSR count). The molecule has 1 fully saturated rings. The molecule has 1 aliphatic heterocycles. The Balaban J connectivity index is 2.45. The van der Waals surface area contributed by atoms with Crippen molar-refractivity contribution in [1.29, 1.82) is 0 Å². The summed E-state index contributed by atoms with van der Waals surface area (Å²) in [5.74, 6) is -1.27. The average Bonchev–Trinajstić information content (AvgIpc) is 2.77. The van der Waals surface area contributed by atoms with Gasteiger partial charge in [0.1, 0.15) is 22.8 Å². The number of aromatic nitrogens is 1. The van der Waals surface area contributed by atoms with E-state index in [9.17, 15) is 13.2 Å². The Morgan fingerprint density at radius 1 is 1.58 bits per heavy atom. The summed E-state index contributed by atoms with van der Waals surface area (Å²) in [6, 6.07) is 1.55. The molecule has 0 saturated carbocycles. The maximum Gasteiger partial charge on any atom is 0.324 e. The van der Waals surface area contributed by atoms with Crippen molar-refractivity contribution in [3.63, 3.8) is 0 Å². The lowest BCUT2D eigenvalue weighted by Crippen LogP contribution is -2.41. The first kappa shape index (κ1) is 14.2. The van der Waals surface area contributed by atoms with Crippen molar-refractivity contribution in [2.45, 2.75) is 17.9 Å². The van der Waals surface area contributed by atoms with Crippen LogP contribution in [-0.4, -0.2) is 48.2 Å². The number of aliphatic carboxylic acids is 1. The first-order valence-electron chi connectivity index (χ1n) is 5.29. The highest BCUT2D eigenvalue weighted by atomic mass is 35.5. The Labute approximate surface area is 114 Å². The van der Waals surface area contributed by atoms with Gasteiger partial charge < -0.3 is 9.84 Å². The van der Waals surface area contributed by atoms with Gasteiger partial charge in [0.05, 0.1) is 6.61 Å². The Hall–Kier alpha value is -1.22. The molecule has 0 unspecified atom stereocenters. The minimum atomic E-state index is -4.05. The summed E-state index contributed by atoms with van der Waals surface area (Å²) in [6.45, 7) is 1.16. The molecule has 0 radical (unpaired) electrons. The summed E-state index contributed by atoms with van der Waals surface area (Å²) in [6.07, 6.45) is 0. The average molecular weight is 307 g/mol. The normalized spacial score (nSPS) is 20.6. The number of hydrogen-bond acceptors (Lipinski definition) is 5. The molecule has 1 aromatic rings. The van der Waals surface area contributed by atoms with Crippen LogP contribution in [0.4, 0.5) is 0 Å². The van der Waals surface area contributed by atoms with Gasteiger partial charge in [-0.15, -0.1) is 0 Å². The van der Waals surface area contributed by atoms with Crippen molar-refractivity contribution in [3.8, 4) is 0 Å². The second-order valence-corrected chi connectivity index (χ2v) is 6.20. The van der Waals surface area contributed by atoms with Gasteiger partial charge in [-0.2, -0.15) is 4.31 Å². The van der Waals surface area contributed by atoms with Crippen LogP contribution in [0.5, 0.6) is 0 Å². The van der Waals surface area contributed by atoms with E-state index in [2.05, 4.69) is 4.98 Å². The number of hydrogen-bond donors (Lipinski definition) is 1. The molecular weight excluding hydrogens is 296 g/mol. The summed E-state index contributed by atoms with van der Waals surface area (Å²) >= 11 is 5.81. The minimum absolute atomic E-state index is 0.184. The van der Waals surface area contributed by atoms with Crippen molar-refractivity contribution < 1.29 is 23.1 Å². The molecule has 9 heteroatoms. The van der Waals surface area contributed by atoms with Gasteiger partial charge in [-0.05, 0) is 19.1 Å². The van der Waals surface area contributed by atoms with Crippen molar-refractivity contribution in [2.24, 2.45) is 0 Å². The largest absolute Gasteiger partial charge is 0.480 e. The van der Waals surface area contributed by atoms with E-state index >= 15 is 0 Å². The van der Waals surface area contributed by atoms with Gasteiger partial charge in [-0.1, -0.05) is 11.6 Å². The zero-order valence-electron chi connectivity index (χ0n) is 9.91.